The van der Waals surface area contributed by atoms with Crippen molar-refractivity contribution in [2.75, 3.05) is 18.4 Å². The smallest absolute Gasteiger partial charge is 0.323 e. The van der Waals surface area contributed by atoms with Gasteiger partial charge in [0.2, 0.25) is 11.8 Å². The molecule has 1 aromatic heterocycles. The number of aromatic nitrogens is 2. The van der Waals surface area contributed by atoms with E-state index in [1.165, 1.54) is 0 Å². The Balaban J connectivity index is 1.89. The lowest BCUT2D eigenvalue weighted by atomic mass is 10.0. The van der Waals surface area contributed by atoms with E-state index in [1.54, 1.807) is 11.0 Å². The fraction of sp³-hybridized carbons (Fsp3) is 0.353. The van der Waals surface area contributed by atoms with Crippen molar-refractivity contribution in [3.63, 3.8) is 0 Å². The molecule has 2 amide bonds. The topological polar surface area (TPSA) is 98.1 Å². The van der Waals surface area contributed by atoms with Crippen LogP contribution in [0.2, 0.25) is 0 Å². The first-order chi connectivity index (χ1) is 11.4. The van der Waals surface area contributed by atoms with E-state index in [0.717, 1.165) is 11.1 Å². The molecule has 0 saturated carbocycles. The molecule has 0 aliphatic carbocycles. The van der Waals surface area contributed by atoms with Crippen LogP contribution in [0.25, 0.3) is 11.0 Å². The molecule has 126 valence electrons. The standard InChI is InChI=1S/C17H20N4O3/c1-4-5-21-8-11(7-13(21)22)16(23)19-14-10(3)9(2)6-12-15(14)20-17(24)18-12/h4,6,11H,1,5,7-8H2,2-3H3,(H,19,23)(H2,18,20,24). The Morgan fingerprint density at radius 1 is 1.42 bits per heavy atom. The summed E-state index contributed by atoms with van der Waals surface area (Å²) >= 11 is 0. The summed E-state index contributed by atoms with van der Waals surface area (Å²) in [5, 5.41) is 2.90. The molecule has 1 aromatic carbocycles. The zero-order chi connectivity index (χ0) is 17.4. The predicted octanol–water partition coefficient (Wildman–Crippen LogP) is 1.45. The van der Waals surface area contributed by atoms with E-state index in [9.17, 15) is 14.4 Å². The SMILES string of the molecule is C=CCN1CC(C(=O)Nc2c(C)c(C)cc3[nH]c(=O)[nH]c23)CC1=O. The van der Waals surface area contributed by atoms with E-state index < -0.39 is 5.92 Å². The van der Waals surface area contributed by atoms with Crippen LogP contribution in [0.3, 0.4) is 0 Å². The number of fused-ring (bicyclic) bond motifs is 1. The minimum absolute atomic E-state index is 0.0452. The van der Waals surface area contributed by atoms with Gasteiger partial charge >= 0.3 is 5.69 Å². The number of carbonyl (C=O) groups is 2. The molecule has 1 unspecified atom stereocenters. The van der Waals surface area contributed by atoms with Gasteiger partial charge in [-0.1, -0.05) is 6.08 Å². The van der Waals surface area contributed by atoms with Gasteiger partial charge in [0.05, 0.1) is 22.6 Å². The van der Waals surface area contributed by atoms with Crippen molar-refractivity contribution in [2.45, 2.75) is 20.3 Å². The van der Waals surface area contributed by atoms with Crippen molar-refractivity contribution in [2.24, 2.45) is 5.92 Å². The first-order valence-corrected chi connectivity index (χ1v) is 7.82. The normalized spacial score (nSPS) is 17.5. The van der Waals surface area contributed by atoms with E-state index in [4.69, 9.17) is 0 Å². The minimum Gasteiger partial charge on any atom is -0.338 e. The van der Waals surface area contributed by atoms with Gasteiger partial charge in [-0.25, -0.2) is 4.79 Å². The summed E-state index contributed by atoms with van der Waals surface area (Å²) in [6, 6.07) is 1.86. The Morgan fingerprint density at radius 2 is 2.17 bits per heavy atom. The predicted molar refractivity (Wildman–Crippen MR) is 91.9 cm³/mol. The highest BCUT2D eigenvalue weighted by molar-refractivity contribution is 6.03. The number of carbonyl (C=O) groups excluding carboxylic acids is 2. The third-order valence-electron chi connectivity index (χ3n) is 4.52. The molecule has 1 fully saturated rings. The lowest BCUT2D eigenvalue weighted by Gasteiger charge is -2.16. The Bertz CT molecular complexity index is 893. The molecular weight excluding hydrogens is 308 g/mol. The quantitative estimate of drug-likeness (QED) is 0.741. The molecule has 1 saturated heterocycles. The second-order valence-corrected chi connectivity index (χ2v) is 6.17. The van der Waals surface area contributed by atoms with Gasteiger partial charge in [0, 0.05) is 19.5 Å². The number of hydrogen-bond donors (Lipinski definition) is 3. The maximum atomic E-state index is 12.6. The number of amides is 2. The first-order valence-electron chi connectivity index (χ1n) is 7.82. The lowest BCUT2D eigenvalue weighted by molar-refractivity contribution is -0.127. The van der Waals surface area contributed by atoms with Crippen molar-refractivity contribution in [1.29, 1.82) is 0 Å². The summed E-state index contributed by atoms with van der Waals surface area (Å²) in [5.41, 5.74) is 3.33. The number of hydrogen-bond acceptors (Lipinski definition) is 3. The second kappa shape index (κ2) is 5.99. The van der Waals surface area contributed by atoms with Crippen LogP contribution in [0.15, 0.2) is 23.5 Å². The van der Waals surface area contributed by atoms with E-state index in [2.05, 4.69) is 21.9 Å². The van der Waals surface area contributed by atoms with Crippen molar-refractivity contribution in [3.05, 3.63) is 40.3 Å². The summed E-state index contributed by atoms with van der Waals surface area (Å²) < 4.78 is 0. The van der Waals surface area contributed by atoms with Gasteiger partial charge in [-0.15, -0.1) is 6.58 Å². The van der Waals surface area contributed by atoms with Crippen LogP contribution in [0.4, 0.5) is 5.69 Å². The first kappa shape index (κ1) is 16.0. The Labute approximate surface area is 138 Å². The van der Waals surface area contributed by atoms with Gasteiger partial charge in [0.1, 0.15) is 0 Å². The Morgan fingerprint density at radius 3 is 2.88 bits per heavy atom. The van der Waals surface area contributed by atoms with E-state index in [-0.39, 0.29) is 23.9 Å². The number of aryl methyl sites for hydroxylation is 1. The summed E-state index contributed by atoms with van der Waals surface area (Å²) in [7, 11) is 0. The fourth-order valence-electron chi connectivity index (χ4n) is 3.07. The maximum absolute atomic E-state index is 12.6. The Hall–Kier alpha value is -2.83. The van der Waals surface area contributed by atoms with E-state index in [0.29, 0.717) is 29.8 Å². The van der Waals surface area contributed by atoms with Crippen molar-refractivity contribution in [3.8, 4) is 0 Å². The molecule has 7 nitrogen and oxygen atoms in total. The third-order valence-corrected chi connectivity index (χ3v) is 4.52. The summed E-state index contributed by atoms with van der Waals surface area (Å²) in [5.74, 6) is -0.666. The number of aromatic amines is 2. The summed E-state index contributed by atoms with van der Waals surface area (Å²) in [4.78, 5) is 43.1. The zero-order valence-corrected chi connectivity index (χ0v) is 13.7. The van der Waals surface area contributed by atoms with Crippen LogP contribution in [-0.4, -0.2) is 39.8 Å². The van der Waals surface area contributed by atoms with Crippen LogP contribution >= 0.6 is 0 Å². The van der Waals surface area contributed by atoms with Crippen LogP contribution in [0.5, 0.6) is 0 Å². The molecular formula is C17H20N4O3. The molecule has 24 heavy (non-hydrogen) atoms. The van der Waals surface area contributed by atoms with Gasteiger partial charge in [0.25, 0.3) is 0 Å². The highest BCUT2D eigenvalue weighted by atomic mass is 16.2. The molecule has 2 heterocycles. The number of benzene rings is 1. The number of imidazole rings is 1. The third kappa shape index (κ3) is 2.73. The van der Waals surface area contributed by atoms with Gasteiger partial charge in [-0.05, 0) is 31.0 Å². The number of nitrogens with zero attached hydrogens (tertiary/aromatic N) is 1. The highest BCUT2D eigenvalue weighted by Gasteiger charge is 2.34. The van der Waals surface area contributed by atoms with Crippen molar-refractivity contribution < 1.29 is 9.59 Å². The van der Waals surface area contributed by atoms with Gasteiger partial charge < -0.3 is 20.2 Å². The summed E-state index contributed by atoms with van der Waals surface area (Å²) in [6.07, 6.45) is 1.84. The van der Waals surface area contributed by atoms with E-state index in [1.807, 2.05) is 19.9 Å². The molecule has 0 spiro atoms. The number of H-pyrrole nitrogens is 2. The average Bonchev–Trinajstić information content (AvgIpc) is 3.07. The molecule has 3 rings (SSSR count). The fourth-order valence-corrected chi connectivity index (χ4v) is 3.07. The zero-order valence-electron chi connectivity index (χ0n) is 13.7. The van der Waals surface area contributed by atoms with Crippen LogP contribution < -0.4 is 11.0 Å². The molecule has 2 aromatic rings. The highest BCUT2D eigenvalue weighted by Crippen LogP contribution is 2.28. The second-order valence-electron chi connectivity index (χ2n) is 6.17. The van der Waals surface area contributed by atoms with Crippen LogP contribution in [-0.2, 0) is 9.59 Å². The largest absolute Gasteiger partial charge is 0.338 e. The molecule has 7 heteroatoms. The van der Waals surface area contributed by atoms with Crippen LogP contribution in [0, 0.1) is 19.8 Å². The average molecular weight is 328 g/mol. The summed E-state index contributed by atoms with van der Waals surface area (Å²) in [6.45, 7) is 8.26. The number of likely N-dealkylation sites (tertiary alicyclic amines) is 1. The van der Waals surface area contributed by atoms with Crippen molar-refractivity contribution in [1.82, 2.24) is 14.9 Å². The van der Waals surface area contributed by atoms with Gasteiger partial charge in [0.15, 0.2) is 0 Å². The van der Waals surface area contributed by atoms with E-state index >= 15 is 0 Å². The van der Waals surface area contributed by atoms with Gasteiger partial charge in [-0.3, -0.25) is 9.59 Å². The molecule has 0 bridgehead atoms. The monoisotopic (exact) mass is 328 g/mol. The van der Waals surface area contributed by atoms with Gasteiger partial charge in [-0.2, -0.15) is 0 Å². The molecule has 0 radical (unpaired) electrons. The molecule has 1 aliphatic rings. The maximum Gasteiger partial charge on any atom is 0.323 e. The number of rotatable bonds is 4. The number of anilines is 1. The number of nitrogens with one attached hydrogen (secondary N) is 3. The Kier molecular flexibility index (Phi) is 4.01. The molecule has 1 atom stereocenters. The minimum atomic E-state index is -0.405. The lowest BCUT2D eigenvalue weighted by Crippen LogP contribution is -2.28. The molecule has 1 aliphatic heterocycles. The van der Waals surface area contributed by atoms with Crippen LogP contribution in [0.1, 0.15) is 17.5 Å². The van der Waals surface area contributed by atoms with Crippen molar-refractivity contribution >= 4 is 28.5 Å². The molecule has 3 N–H and O–H groups in total.